The van der Waals surface area contributed by atoms with Gasteiger partial charge in [-0.3, -0.25) is 10.1 Å². The van der Waals surface area contributed by atoms with E-state index in [1.807, 2.05) is 5.32 Å². The minimum absolute atomic E-state index is 0.294. The van der Waals surface area contributed by atoms with Gasteiger partial charge in [-0.25, -0.2) is 4.79 Å². The topological polar surface area (TPSA) is 76.7 Å². The number of anilines is 1. The standard InChI is InChI=1S/C11H12Cl2N2O4/c1-18-8-4-9(19-2)7(3-6(8)13)14-11(17)15-10(16)5-12/h3-4H,5H2,1-2H3,(H2,14,15,16,17). The van der Waals surface area contributed by atoms with Crippen LogP contribution in [0.15, 0.2) is 12.1 Å². The minimum atomic E-state index is -0.731. The molecule has 0 saturated heterocycles. The molecule has 6 nitrogen and oxygen atoms in total. The van der Waals surface area contributed by atoms with Crippen molar-refractivity contribution in [3.8, 4) is 11.5 Å². The fourth-order valence-electron chi connectivity index (χ4n) is 1.27. The Labute approximate surface area is 120 Å². The number of hydrogen-bond acceptors (Lipinski definition) is 4. The molecule has 0 heterocycles. The van der Waals surface area contributed by atoms with Gasteiger partial charge in [-0.2, -0.15) is 0 Å². The quantitative estimate of drug-likeness (QED) is 0.836. The van der Waals surface area contributed by atoms with Gasteiger partial charge >= 0.3 is 6.03 Å². The molecule has 0 aromatic heterocycles. The summed E-state index contributed by atoms with van der Waals surface area (Å²) >= 11 is 11.2. The third-order valence-electron chi connectivity index (χ3n) is 2.10. The van der Waals surface area contributed by atoms with Crippen LogP contribution < -0.4 is 20.1 Å². The molecule has 0 saturated carbocycles. The van der Waals surface area contributed by atoms with E-state index in [9.17, 15) is 9.59 Å². The average molecular weight is 307 g/mol. The van der Waals surface area contributed by atoms with Crippen LogP contribution in [0.25, 0.3) is 0 Å². The Bertz CT molecular complexity index is 494. The van der Waals surface area contributed by atoms with Gasteiger partial charge in [-0.1, -0.05) is 11.6 Å². The molecule has 0 fully saturated rings. The maximum Gasteiger partial charge on any atom is 0.326 e. The van der Waals surface area contributed by atoms with Crippen LogP contribution in [-0.2, 0) is 4.79 Å². The molecule has 1 aromatic carbocycles. The van der Waals surface area contributed by atoms with Crippen LogP contribution in [0.5, 0.6) is 11.5 Å². The van der Waals surface area contributed by atoms with E-state index in [-0.39, 0.29) is 5.88 Å². The molecule has 0 bridgehead atoms. The van der Waals surface area contributed by atoms with Crippen LogP contribution in [-0.4, -0.2) is 32.0 Å². The van der Waals surface area contributed by atoms with Crippen molar-refractivity contribution in [2.75, 3.05) is 25.4 Å². The predicted octanol–water partition coefficient (Wildman–Crippen LogP) is 2.24. The third kappa shape index (κ3) is 4.18. The number of nitrogens with one attached hydrogen (secondary N) is 2. The van der Waals surface area contributed by atoms with E-state index in [0.717, 1.165) is 0 Å². The van der Waals surface area contributed by atoms with Gasteiger partial charge in [0, 0.05) is 6.07 Å². The zero-order valence-corrected chi connectivity index (χ0v) is 11.8. The molecular weight excluding hydrogens is 295 g/mol. The number of halogens is 2. The van der Waals surface area contributed by atoms with Gasteiger partial charge in [-0.05, 0) is 6.07 Å². The average Bonchev–Trinajstić information content (AvgIpc) is 2.38. The Morgan fingerprint density at radius 1 is 1.21 bits per heavy atom. The first-order chi connectivity index (χ1) is 9.01. The Morgan fingerprint density at radius 2 is 1.84 bits per heavy atom. The molecule has 0 spiro atoms. The van der Waals surface area contributed by atoms with Crippen LogP contribution in [0.4, 0.5) is 10.5 Å². The fraction of sp³-hybridized carbons (Fsp3) is 0.273. The Hall–Kier alpha value is -1.66. The van der Waals surface area contributed by atoms with Gasteiger partial charge in [0.1, 0.15) is 17.4 Å². The van der Waals surface area contributed by atoms with E-state index in [2.05, 4.69) is 5.32 Å². The summed E-state index contributed by atoms with van der Waals surface area (Å²) in [7, 11) is 2.88. The fourth-order valence-corrected chi connectivity index (χ4v) is 1.58. The second kappa shape index (κ2) is 7.06. The molecule has 0 radical (unpaired) electrons. The van der Waals surface area contributed by atoms with Crippen molar-refractivity contribution in [1.29, 1.82) is 0 Å². The molecule has 0 unspecified atom stereocenters. The van der Waals surface area contributed by atoms with Gasteiger partial charge in [0.25, 0.3) is 0 Å². The van der Waals surface area contributed by atoms with E-state index in [1.54, 1.807) is 0 Å². The predicted molar refractivity (Wildman–Crippen MR) is 72.4 cm³/mol. The highest BCUT2D eigenvalue weighted by Gasteiger charge is 2.13. The lowest BCUT2D eigenvalue weighted by Gasteiger charge is -2.13. The molecule has 0 aliphatic heterocycles. The van der Waals surface area contributed by atoms with Gasteiger partial charge < -0.3 is 14.8 Å². The number of urea groups is 1. The Morgan fingerprint density at radius 3 is 2.37 bits per heavy atom. The molecule has 8 heteroatoms. The maximum atomic E-state index is 11.5. The van der Waals surface area contributed by atoms with Crippen LogP contribution in [0.1, 0.15) is 0 Å². The summed E-state index contributed by atoms with van der Waals surface area (Å²) in [5, 5.41) is 4.74. The van der Waals surface area contributed by atoms with E-state index in [1.165, 1.54) is 26.4 Å². The zero-order chi connectivity index (χ0) is 14.4. The second-order valence-electron chi connectivity index (χ2n) is 3.32. The summed E-state index contributed by atoms with van der Waals surface area (Å²) in [6.07, 6.45) is 0. The number of carbonyl (C=O) groups is 2. The van der Waals surface area contributed by atoms with Crippen LogP contribution in [0.3, 0.4) is 0 Å². The van der Waals surface area contributed by atoms with E-state index in [0.29, 0.717) is 22.2 Å². The molecule has 0 atom stereocenters. The number of ether oxygens (including phenoxy) is 2. The first kappa shape index (κ1) is 15.4. The first-order valence-electron chi connectivity index (χ1n) is 5.10. The van der Waals surface area contributed by atoms with Crippen molar-refractivity contribution in [2.24, 2.45) is 0 Å². The lowest BCUT2D eigenvalue weighted by molar-refractivity contribution is -0.117. The SMILES string of the molecule is COc1cc(OC)c(NC(=O)NC(=O)CCl)cc1Cl. The normalized spacial score (nSPS) is 9.68. The molecule has 19 heavy (non-hydrogen) atoms. The highest BCUT2D eigenvalue weighted by molar-refractivity contribution is 6.32. The van der Waals surface area contributed by atoms with Gasteiger partial charge in [-0.15, -0.1) is 11.6 Å². The number of methoxy groups -OCH3 is 2. The molecule has 3 amide bonds. The number of amides is 3. The summed E-state index contributed by atoms with van der Waals surface area (Å²) < 4.78 is 10.1. The van der Waals surface area contributed by atoms with E-state index >= 15 is 0 Å². The van der Waals surface area contributed by atoms with Crippen molar-refractivity contribution in [3.05, 3.63) is 17.2 Å². The van der Waals surface area contributed by atoms with E-state index < -0.39 is 11.9 Å². The van der Waals surface area contributed by atoms with Gasteiger partial charge in [0.2, 0.25) is 5.91 Å². The summed E-state index contributed by atoms with van der Waals surface area (Å²) in [6, 6.07) is 2.23. The monoisotopic (exact) mass is 306 g/mol. The molecular formula is C11H12Cl2N2O4. The Kier molecular flexibility index (Phi) is 5.72. The van der Waals surface area contributed by atoms with Gasteiger partial charge in [0.15, 0.2) is 0 Å². The molecule has 1 aromatic rings. The highest BCUT2D eigenvalue weighted by atomic mass is 35.5. The largest absolute Gasteiger partial charge is 0.495 e. The van der Waals surface area contributed by atoms with E-state index in [4.69, 9.17) is 32.7 Å². The molecule has 0 aliphatic carbocycles. The van der Waals surface area contributed by atoms with Crippen LogP contribution >= 0.6 is 23.2 Å². The number of hydrogen-bond donors (Lipinski definition) is 2. The molecule has 2 N–H and O–H groups in total. The lowest BCUT2D eigenvalue weighted by atomic mass is 10.2. The number of carbonyl (C=O) groups excluding carboxylic acids is 2. The Balaban J connectivity index is 2.91. The van der Waals surface area contributed by atoms with Crippen molar-refractivity contribution >= 4 is 40.8 Å². The number of benzene rings is 1. The second-order valence-corrected chi connectivity index (χ2v) is 4.00. The van der Waals surface area contributed by atoms with Crippen LogP contribution in [0.2, 0.25) is 5.02 Å². The zero-order valence-electron chi connectivity index (χ0n) is 10.3. The summed E-state index contributed by atoms with van der Waals surface area (Å²) in [5.74, 6) is -0.178. The molecule has 0 aliphatic rings. The summed E-state index contributed by atoms with van der Waals surface area (Å²) in [4.78, 5) is 22.4. The van der Waals surface area contributed by atoms with Crippen molar-refractivity contribution in [1.82, 2.24) is 5.32 Å². The minimum Gasteiger partial charge on any atom is -0.495 e. The first-order valence-corrected chi connectivity index (χ1v) is 6.01. The molecule has 1 rings (SSSR count). The van der Waals surface area contributed by atoms with Crippen molar-refractivity contribution < 1.29 is 19.1 Å². The number of imide groups is 1. The van der Waals surface area contributed by atoms with Gasteiger partial charge in [0.05, 0.1) is 24.9 Å². The smallest absolute Gasteiger partial charge is 0.326 e. The van der Waals surface area contributed by atoms with Crippen molar-refractivity contribution in [2.45, 2.75) is 0 Å². The lowest BCUT2D eigenvalue weighted by Crippen LogP contribution is -2.35. The third-order valence-corrected chi connectivity index (χ3v) is 2.63. The van der Waals surface area contributed by atoms with Crippen molar-refractivity contribution in [3.63, 3.8) is 0 Å². The van der Waals surface area contributed by atoms with Crippen LogP contribution in [0, 0.1) is 0 Å². The number of alkyl halides is 1. The highest BCUT2D eigenvalue weighted by Crippen LogP contribution is 2.35. The molecule has 104 valence electrons. The number of rotatable bonds is 4. The summed E-state index contributed by atoms with van der Waals surface area (Å²) in [6.45, 7) is 0. The summed E-state index contributed by atoms with van der Waals surface area (Å²) in [5.41, 5.74) is 0.299. The maximum absolute atomic E-state index is 11.5.